The van der Waals surface area contributed by atoms with E-state index in [-0.39, 0.29) is 0 Å². The second-order valence-corrected chi connectivity index (χ2v) is 3.65. The van der Waals surface area contributed by atoms with Gasteiger partial charge < -0.3 is 15.4 Å². The lowest BCUT2D eigenvalue weighted by molar-refractivity contribution is -0.143. The van der Waals surface area contributed by atoms with Crippen LogP contribution in [0, 0.1) is 0 Å². The van der Waals surface area contributed by atoms with Crippen molar-refractivity contribution in [2.75, 3.05) is 20.7 Å². The van der Waals surface area contributed by atoms with E-state index in [4.69, 9.17) is 10.5 Å². The molecule has 0 saturated carbocycles. The Kier molecular flexibility index (Phi) is 4.51. The Morgan fingerprint density at radius 1 is 1.35 bits per heavy atom. The fourth-order valence-electron chi connectivity index (χ4n) is 1.49. The third-order valence-corrected chi connectivity index (χ3v) is 2.47. The summed E-state index contributed by atoms with van der Waals surface area (Å²) in [7, 11) is 3.14. The molecular formula is C12H16N2O3. The van der Waals surface area contributed by atoms with Crippen LogP contribution in [0.25, 0.3) is 0 Å². The number of para-hydroxylation sites is 1. The van der Waals surface area contributed by atoms with Crippen LogP contribution >= 0.6 is 0 Å². The molecule has 1 rings (SSSR count). The minimum absolute atomic E-state index is 0.419. The normalized spacial score (nSPS) is 9.76. The molecule has 0 heterocycles. The van der Waals surface area contributed by atoms with Gasteiger partial charge in [0.15, 0.2) is 0 Å². The Labute approximate surface area is 100 Å². The van der Waals surface area contributed by atoms with Crippen LogP contribution in [0.15, 0.2) is 24.3 Å². The molecule has 0 aliphatic heterocycles. The molecule has 0 radical (unpaired) electrons. The van der Waals surface area contributed by atoms with E-state index >= 15 is 0 Å². The van der Waals surface area contributed by atoms with Gasteiger partial charge in [-0.05, 0) is 18.1 Å². The first-order valence-corrected chi connectivity index (χ1v) is 5.23. The standard InChI is InChI=1S/C12H16N2O3/c1-14(12(16)11(13)15)8-7-9-5-3-4-6-10(9)17-2/h3-6H,7-8H2,1-2H3,(H2,13,15). The van der Waals surface area contributed by atoms with Gasteiger partial charge in [0.1, 0.15) is 5.75 Å². The minimum atomic E-state index is -0.937. The number of hydrogen-bond acceptors (Lipinski definition) is 3. The van der Waals surface area contributed by atoms with E-state index in [1.54, 1.807) is 14.2 Å². The van der Waals surface area contributed by atoms with E-state index in [0.29, 0.717) is 13.0 Å². The van der Waals surface area contributed by atoms with E-state index < -0.39 is 11.8 Å². The first kappa shape index (κ1) is 13.0. The monoisotopic (exact) mass is 236 g/mol. The third kappa shape index (κ3) is 3.48. The summed E-state index contributed by atoms with van der Waals surface area (Å²) in [5.41, 5.74) is 5.89. The second-order valence-electron chi connectivity index (χ2n) is 3.65. The quantitative estimate of drug-likeness (QED) is 0.758. The van der Waals surface area contributed by atoms with Crippen molar-refractivity contribution in [1.29, 1.82) is 0 Å². The van der Waals surface area contributed by atoms with Gasteiger partial charge >= 0.3 is 11.8 Å². The maximum Gasteiger partial charge on any atom is 0.311 e. The highest BCUT2D eigenvalue weighted by molar-refractivity contribution is 6.34. The van der Waals surface area contributed by atoms with Gasteiger partial charge in [0.25, 0.3) is 0 Å². The zero-order chi connectivity index (χ0) is 12.8. The lowest BCUT2D eigenvalue weighted by atomic mass is 10.1. The number of benzene rings is 1. The molecular weight excluding hydrogens is 220 g/mol. The van der Waals surface area contributed by atoms with Crippen LogP contribution in [0.2, 0.25) is 0 Å². The zero-order valence-electron chi connectivity index (χ0n) is 9.97. The smallest absolute Gasteiger partial charge is 0.311 e. The van der Waals surface area contributed by atoms with E-state index in [0.717, 1.165) is 11.3 Å². The molecule has 0 aliphatic carbocycles. The van der Waals surface area contributed by atoms with Gasteiger partial charge in [0.2, 0.25) is 0 Å². The summed E-state index contributed by atoms with van der Waals surface area (Å²) < 4.78 is 5.19. The number of amides is 2. The highest BCUT2D eigenvalue weighted by Gasteiger charge is 2.14. The van der Waals surface area contributed by atoms with Crippen LogP contribution < -0.4 is 10.5 Å². The van der Waals surface area contributed by atoms with Crippen molar-refractivity contribution in [2.45, 2.75) is 6.42 Å². The highest BCUT2D eigenvalue weighted by atomic mass is 16.5. The van der Waals surface area contributed by atoms with Gasteiger partial charge in [-0.15, -0.1) is 0 Å². The van der Waals surface area contributed by atoms with Gasteiger partial charge in [-0.3, -0.25) is 9.59 Å². The van der Waals surface area contributed by atoms with Crippen LogP contribution in [0.1, 0.15) is 5.56 Å². The SMILES string of the molecule is COc1ccccc1CCN(C)C(=O)C(N)=O. The summed E-state index contributed by atoms with van der Waals surface area (Å²) in [5.74, 6) is -0.847. The molecule has 17 heavy (non-hydrogen) atoms. The third-order valence-electron chi connectivity index (χ3n) is 2.47. The molecule has 0 atom stereocenters. The van der Waals surface area contributed by atoms with Crippen molar-refractivity contribution in [1.82, 2.24) is 4.90 Å². The van der Waals surface area contributed by atoms with Crippen molar-refractivity contribution < 1.29 is 14.3 Å². The van der Waals surface area contributed by atoms with Gasteiger partial charge in [-0.25, -0.2) is 0 Å². The molecule has 0 bridgehead atoms. The van der Waals surface area contributed by atoms with Gasteiger partial charge in [-0.1, -0.05) is 18.2 Å². The fourth-order valence-corrected chi connectivity index (χ4v) is 1.49. The minimum Gasteiger partial charge on any atom is -0.496 e. The van der Waals surface area contributed by atoms with Gasteiger partial charge in [0, 0.05) is 13.6 Å². The zero-order valence-corrected chi connectivity index (χ0v) is 9.97. The summed E-state index contributed by atoms with van der Waals surface area (Å²) in [6.45, 7) is 0.419. The molecule has 0 fully saturated rings. The van der Waals surface area contributed by atoms with Crippen LogP contribution in [-0.2, 0) is 16.0 Å². The summed E-state index contributed by atoms with van der Waals surface area (Å²) in [5, 5.41) is 0. The highest BCUT2D eigenvalue weighted by Crippen LogP contribution is 2.17. The summed E-state index contributed by atoms with van der Waals surface area (Å²) in [6, 6.07) is 7.54. The molecule has 0 unspecified atom stereocenters. The Hall–Kier alpha value is -2.04. The Morgan fingerprint density at radius 2 is 2.00 bits per heavy atom. The lowest BCUT2D eigenvalue weighted by Gasteiger charge is -2.16. The lowest BCUT2D eigenvalue weighted by Crippen LogP contribution is -2.38. The molecule has 5 nitrogen and oxygen atoms in total. The Bertz CT molecular complexity index is 418. The largest absolute Gasteiger partial charge is 0.496 e. The number of ether oxygens (including phenoxy) is 1. The molecule has 0 spiro atoms. The van der Waals surface area contributed by atoms with Crippen LogP contribution in [-0.4, -0.2) is 37.4 Å². The maximum absolute atomic E-state index is 11.2. The van der Waals surface area contributed by atoms with Crippen molar-refractivity contribution in [3.63, 3.8) is 0 Å². The summed E-state index contributed by atoms with van der Waals surface area (Å²) >= 11 is 0. The predicted octanol–water partition coefficient (Wildman–Crippen LogP) is 0.181. The van der Waals surface area contributed by atoms with E-state index in [2.05, 4.69) is 0 Å². The molecule has 2 N–H and O–H groups in total. The van der Waals surface area contributed by atoms with Crippen molar-refractivity contribution in [2.24, 2.45) is 5.73 Å². The summed E-state index contributed by atoms with van der Waals surface area (Å²) in [4.78, 5) is 23.2. The molecule has 0 aromatic heterocycles. The number of nitrogens with two attached hydrogens (primary N) is 1. The molecule has 1 aromatic carbocycles. The average molecular weight is 236 g/mol. The van der Waals surface area contributed by atoms with Crippen molar-refractivity contribution in [3.05, 3.63) is 29.8 Å². The maximum atomic E-state index is 11.2. The molecule has 5 heteroatoms. The number of carbonyl (C=O) groups is 2. The predicted molar refractivity (Wildman–Crippen MR) is 63.5 cm³/mol. The van der Waals surface area contributed by atoms with E-state index in [1.807, 2.05) is 24.3 Å². The van der Waals surface area contributed by atoms with Gasteiger partial charge in [0.05, 0.1) is 7.11 Å². The summed E-state index contributed by atoms with van der Waals surface area (Å²) in [6.07, 6.45) is 0.611. The first-order chi connectivity index (χ1) is 8.06. The number of likely N-dealkylation sites (N-methyl/N-ethyl adjacent to an activating group) is 1. The topological polar surface area (TPSA) is 72.6 Å². The number of methoxy groups -OCH3 is 1. The number of nitrogens with zero attached hydrogens (tertiary/aromatic N) is 1. The molecule has 0 saturated heterocycles. The van der Waals surface area contributed by atoms with Crippen molar-refractivity contribution >= 4 is 11.8 Å². The molecule has 2 amide bonds. The first-order valence-electron chi connectivity index (χ1n) is 5.23. The average Bonchev–Trinajstić information content (AvgIpc) is 2.35. The number of primary amides is 1. The van der Waals surface area contributed by atoms with Crippen LogP contribution in [0.3, 0.4) is 0 Å². The molecule has 92 valence electrons. The number of rotatable bonds is 4. The Balaban J connectivity index is 2.61. The Morgan fingerprint density at radius 3 is 2.59 bits per heavy atom. The van der Waals surface area contributed by atoms with E-state index in [9.17, 15) is 9.59 Å². The van der Waals surface area contributed by atoms with E-state index in [1.165, 1.54) is 4.90 Å². The van der Waals surface area contributed by atoms with Crippen molar-refractivity contribution in [3.8, 4) is 5.75 Å². The van der Waals surface area contributed by atoms with Gasteiger partial charge in [-0.2, -0.15) is 0 Å². The number of carbonyl (C=O) groups excluding carboxylic acids is 2. The molecule has 0 aliphatic rings. The fraction of sp³-hybridized carbons (Fsp3) is 0.333. The second kappa shape index (κ2) is 5.89. The van der Waals surface area contributed by atoms with Crippen LogP contribution in [0.4, 0.5) is 0 Å². The molecule has 1 aromatic rings. The number of hydrogen-bond donors (Lipinski definition) is 1. The van der Waals surface area contributed by atoms with Crippen LogP contribution in [0.5, 0.6) is 5.75 Å².